The number of aliphatic hydroxyl groups is 1. The van der Waals surface area contributed by atoms with E-state index >= 15 is 0 Å². The molecule has 0 aliphatic carbocycles. The molecular weight excluding hydrogens is 249 g/mol. The Labute approximate surface area is 105 Å². The third kappa shape index (κ3) is 3.83. The number of halogens is 2. The van der Waals surface area contributed by atoms with E-state index in [1.807, 2.05) is 0 Å². The fraction of sp³-hybridized carbons (Fsp3) is 0.455. The normalized spacial score (nSPS) is 12.6. The van der Waals surface area contributed by atoms with Crippen molar-refractivity contribution in [3.8, 4) is 5.75 Å². The van der Waals surface area contributed by atoms with Crippen LogP contribution in [0.4, 0.5) is 0 Å². The highest BCUT2D eigenvalue weighted by Gasteiger charge is 2.07. The van der Waals surface area contributed by atoms with Crippen molar-refractivity contribution in [1.29, 1.82) is 0 Å². The van der Waals surface area contributed by atoms with E-state index in [1.54, 1.807) is 26.2 Å². The highest BCUT2D eigenvalue weighted by atomic mass is 35.5. The van der Waals surface area contributed by atoms with Gasteiger partial charge in [0.05, 0.1) is 18.2 Å². The molecule has 1 rings (SSSR count). The van der Waals surface area contributed by atoms with E-state index in [2.05, 4.69) is 5.32 Å². The molecule has 3 nitrogen and oxygen atoms in total. The van der Waals surface area contributed by atoms with Crippen molar-refractivity contribution in [3.63, 3.8) is 0 Å². The van der Waals surface area contributed by atoms with Gasteiger partial charge in [0.2, 0.25) is 0 Å². The van der Waals surface area contributed by atoms with E-state index in [4.69, 9.17) is 33.0 Å². The van der Waals surface area contributed by atoms with E-state index in [0.717, 1.165) is 5.56 Å². The number of nitrogens with one attached hydrogen (secondary N) is 1. The zero-order valence-electron chi connectivity index (χ0n) is 9.26. The molecule has 1 aromatic carbocycles. The van der Waals surface area contributed by atoms with Gasteiger partial charge in [0, 0.05) is 24.2 Å². The van der Waals surface area contributed by atoms with Crippen LogP contribution in [0.5, 0.6) is 5.75 Å². The van der Waals surface area contributed by atoms with Crippen molar-refractivity contribution >= 4 is 23.2 Å². The molecule has 90 valence electrons. The van der Waals surface area contributed by atoms with Crippen LogP contribution in [-0.4, -0.2) is 24.9 Å². The lowest BCUT2D eigenvalue weighted by Crippen LogP contribution is -2.23. The van der Waals surface area contributed by atoms with Crippen LogP contribution >= 0.6 is 23.2 Å². The standard InChI is InChI=1S/C11H15Cl2NO2/c1-7(15)5-14-6-8-3-10(13)11(16-2)4-9(8)12/h3-4,7,14-15H,5-6H2,1-2H3/t7-/m1/s1. The van der Waals surface area contributed by atoms with Gasteiger partial charge in [-0.05, 0) is 18.6 Å². The van der Waals surface area contributed by atoms with Crippen molar-refractivity contribution < 1.29 is 9.84 Å². The second-order valence-electron chi connectivity index (χ2n) is 3.56. The molecule has 0 radical (unpaired) electrons. The van der Waals surface area contributed by atoms with Gasteiger partial charge in [-0.2, -0.15) is 0 Å². The molecule has 0 amide bonds. The molecule has 0 saturated heterocycles. The first kappa shape index (κ1) is 13.6. The minimum absolute atomic E-state index is 0.382. The summed E-state index contributed by atoms with van der Waals surface area (Å²) in [6, 6.07) is 3.45. The lowest BCUT2D eigenvalue weighted by molar-refractivity contribution is 0.191. The summed E-state index contributed by atoms with van der Waals surface area (Å²) in [5.41, 5.74) is 0.883. The first-order valence-electron chi connectivity index (χ1n) is 4.95. The van der Waals surface area contributed by atoms with Gasteiger partial charge in [-0.15, -0.1) is 0 Å². The quantitative estimate of drug-likeness (QED) is 0.858. The third-order valence-corrected chi connectivity index (χ3v) is 2.72. The van der Waals surface area contributed by atoms with Crippen LogP contribution in [0, 0.1) is 0 Å². The number of hydrogen-bond donors (Lipinski definition) is 2. The Bertz CT molecular complexity index is 356. The van der Waals surface area contributed by atoms with Gasteiger partial charge in [-0.1, -0.05) is 23.2 Å². The minimum atomic E-state index is -0.382. The largest absolute Gasteiger partial charge is 0.495 e. The molecule has 1 aromatic rings. The van der Waals surface area contributed by atoms with Crippen LogP contribution in [0.25, 0.3) is 0 Å². The van der Waals surface area contributed by atoms with Crippen LogP contribution in [-0.2, 0) is 6.54 Å². The smallest absolute Gasteiger partial charge is 0.138 e. The zero-order valence-corrected chi connectivity index (χ0v) is 10.8. The summed E-state index contributed by atoms with van der Waals surface area (Å²) in [5.74, 6) is 0.561. The van der Waals surface area contributed by atoms with Crippen LogP contribution in [0.2, 0.25) is 10.0 Å². The molecule has 0 aliphatic rings. The van der Waals surface area contributed by atoms with Crippen LogP contribution in [0.3, 0.4) is 0 Å². The lowest BCUT2D eigenvalue weighted by Gasteiger charge is -2.10. The van der Waals surface area contributed by atoms with E-state index in [1.165, 1.54) is 0 Å². The summed E-state index contributed by atoms with van der Waals surface area (Å²) in [4.78, 5) is 0. The second-order valence-corrected chi connectivity index (χ2v) is 4.37. The van der Waals surface area contributed by atoms with Crippen molar-refractivity contribution in [2.45, 2.75) is 19.6 Å². The average Bonchev–Trinajstić information content (AvgIpc) is 2.22. The molecule has 0 bridgehead atoms. The number of aliphatic hydroxyl groups excluding tert-OH is 1. The number of rotatable bonds is 5. The topological polar surface area (TPSA) is 41.5 Å². The average molecular weight is 264 g/mol. The van der Waals surface area contributed by atoms with Gasteiger partial charge < -0.3 is 15.2 Å². The Hall–Kier alpha value is -0.480. The lowest BCUT2D eigenvalue weighted by atomic mass is 10.2. The molecule has 1 atom stereocenters. The second kappa shape index (κ2) is 6.30. The molecule has 0 spiro atoms. The SMILES string of the molecule is COc1cc(Cl)c(CNC[C@@H](C)O)cc1Cl. The summed E-state index contributed by atoms with van der Waals surface area (Å²) < 4.78 is 5.05. The van der Waals surface area contributed by atoms with E-state index < -0.39 is 0 Å². The number of methoxy groups -OCH3 is 1. The monoisotopic (exact) mass is 263 g/mol. The van der Waals surface area contributed by atoms with Crippen LogP contribution in [0.15, 0.2) is 12.1 Å². The minimum Gasteiger partial charge on any atom is -0.495 e. The van der Waals surface area contributed by atoms with Crippen LogP contribution in [0.1, 0.15) is 12.5 Å². The molecule has 0 unspecified atom stereocenters. The summed E-state index contributed by atoms with van der Waals surface area (Å²) in [6.07, 6.45) is -0.382. The Morgan fingerprint density at radius 2 is 2.06 bits per heavy atom. The molecule has 0 heterocycles. The third-order valence-electron chi connectivity index (χ3n) is 2.08. The van der Waals surface area contributed by atoms with Crippen molar-refractivity contribution in [2.24, 2.45) is 0 Å². The van der Waals surface area contributed by atoms with Gasteiger partial charge >= 0.3 is 0 Å². The molecule has 2 N–H and O–H groups in total. The summed E-state index contributed by atoms with van der Waals surface area (Å²) in [5, 5.41) is 13.3. The maximum absolute atomic E-state index is 9.09. The maximum atomic E-state index is 9.09. The molecule has 0 aromatic heterocycles. The predicted octanol–water partition coefficient (Wildman–Crippen LogP) is 2.47. The molecule has 16 heavy (non-hydrogen) atoms. The fourth-order valence-corrected chi connectivity index (χ4v) is 1.76. The Morgan fingerprint density at radius 3 is 2.62 bits per heavy atom. The van der Waals surface area contributed by atoms with Gasteiger partial charge in [0.1, 0.15) is 5.75 Å². The van der Waals surface area contributed by atoms with Crippen molar-refractivity contribution in [2.75, 3.05) is 13.7 Å². The summed E-state index contributed by atoms with van der Waals surface area (Å²) in [7, 11) is 1.54. The fourth-order valence-electron chi connectivity index (χ4n) is 1.28. The van der Waals surface area contributed by atoms with Crippen LogP contribution < -0.4 is 10.1 Å². The Balaban J connectivity index is 2.70. The summed E-state index contributed by atoms with van der Waals surface area (Å²) >= 11 is 12.0. The van der Waals surface area contributed by atoms with E-state index in [-0.39, 0.29) is 6.10 Å². The molecular formula is C11H15Cl2NO2. The molecule has 0 aliphatic heterocycles. The molecule has 5 heteroatoms. The first-order valence-corrected chi connectivity index (χ1v) is 5.71. The maximum Gasteiger partial charge on any atom is 0.138 e. The zero-order chi connectivity index (χ0) is 12.1. The Kier molecular flexibility index (Phi) is 5.35. The van der Waals surface area contributed by atoms with E-state index in [9.17, 15) is 0 Å². The van der Waals surface area contributed by atoms with Crippen molar-refractivity contribution in [1.82, 2.24) is 5.32 Å². The van der Waals surface area contributed by atoms with Gasteiger partial charge in [-0.3, -0.25) is 0 Å². The Morgan fingerprint density at radius 1 is 1.38 bits per heavy atom. The summed E-state index contributed by atoms with van der Waals surface area (Å²) in [6.45, 7) is 2.79. The molecule has 0 fully saturated rings. The highest BCUT2D eigenvalue weighted by Crippen LogP contribution is 2.30. The highest BCUT2D eigenvalue weighted by molar-refractivity contribution is 6.34. The van der Waals surface area contributed by atoms with Gasteiger partial charge in [0.25, 0.3) is 0 Å². The number of hydrogen-bond acceptors (Lipinski definition) is 3. The van der Waals surface area contributed by atoms with E-state index in [0.29, 0.717) is 28.9 Å². The number of ether oxygens (including phenoxy) is 1. The predicted molar refractivity (Wildman–Crippen MR) is 66.4 cm³/mol. The molecule has 0 saturated carbocycles. The number of benzene rings is 1. The first-order chi connectivity index (χ1) is 7.54. The van der Waals surface area contributed by atoms with Gasteiger partial charge in [-0.25, -0.2) is 0 Å². The van der Waals surface area contributed by atoms with Crippen molar-refractivity contribution in [3.05, 3.63) is 27.7 Å². The van der Waals surface area contributed by atoms with Gasteiger partial charge in [0.15, 0.2) is 0 Å².